The van der Waals surface area contributed by atoms with Gasteiger partial charge in [-0.3, -0.25) is 0 Å². The van der Waals surface area contributed by atoms with E-state index in [2.05, 4.69) is 29.4 Å². The summed E-state index contributed by atoms with van der Waals surface area (Å²) in [6, 6.07) is 16.0. The van der Waals surface area contributed by atoms with E-state index < -0.39 is 0 Å². The smallest absolute Gasteiger partial charge is 0.126 e. The Labute approximate surface area is 101 Å². The van der Waals surface area contributed by atoms with Crippen molar-refractivity contribution < 1.29 is 5.11 Å². The number of aliphatic hydroxyl groups excluding tert-OH is 1. The third-order valence-corrected chi connectivity index (χ3v) is 2.63. The molecular formula is C14H16N2O. The Bertz CT molecular complexity index is 471. The van der Waals surface area contributed by atoms with Gasteiger partial charge in [0.2, 0.25) is 0 Å². The average Bonchev–Trinajstić information content (AvgIpc) is 2.40. The summed E-state index contributed by atoms with van der Waals surface area (Å²) in [5.74, 6) is 0.785. The summed E-state index contributed by atoms with van der Waals surface area (Å²) in [4.78, 5) is 4.30. The molecule has 3 nitrogen and oxygen atoms in total. The fourth-order valence-corrected chi connectivity index (χ4v) is 1.69. The number of pyridine rings is 1. The molecule has 0 spiro atoms. The zero-order valence-electron chi connectivity index (χ0n) is 9.80. The normalized spacial score (nSPS) is 12.1. The number of nitrogens with zero attached hydrogens (tertiary/aromatic N) is 1. The minimum Gasteiger partial charge on any atom is -0.390 e. The maximum atomic E-state index is 9.02. The van der Waals surface area contributed by atoms with Crippen molar-refractivity contribution in [2.24, 2.45) is 0 Å². The zero-order valence-corrected chi connectivity index (χ0v) is 9.80. The van der Waals surface area contributed by atoms with E-state index in [1.54, 1.807) is 6.07 Å². The van der Waals surface area contributed by atoms with Gasteiger partial charge in [0.15, 0.2) is 0 Å². The van der Waals surface area contributed by atoms with Crippen molar-refractivity contribution in [1.82, 2.24) is 4.98 Å². The van der Waals surface area contributed by atoms with Crippen molar-refractivity contribution in [1.29, 1.82) is 0 Å². The Morgan fingerprint density at radius 3 is 2.59 bits per heavy atom. The van der Waals surface area contributed by atoms with E-state index in [4.69, 9.17) is 5.11 Å². The molecule has 2 rings (SSSR count). The van der Waals surface area contributed by atoms with E-state index in [1.807, 2.05) is 30.3 Å². The maximum absolute atomic E-state index is 9.02. The molecular weight excluding hydrogens is 212 g/mol. The molecule has 3 heteroatoms. The molecule has 1 atom stereocenters. The third-order valence-electron chi connectivity index (χ3n) is 2.63. The minimum absolute atomic E-state index is 0.0325. The molecule has 0 aliphatic carbocycles. The predicted molar refractivity (Wildman–Crippen MR) is 68.6 cm³/mol. The first-order valence-corrected chi connectivity index (χ1v) is 5.68. The van der Waals surface area contributed by atoms with Gasteiger partial charge in [-0.1, -0.05) is 36.4 Å². The van der Waals surface area contributed by atoms with E-state index in [1.165, 1.54) is 5.56 Å². The van der Waals surface area contributed by atoms with Crippen molar-refractivity contribution in [2.75, 3.05) is 5.32 Å². The summed E-state index contributed by atoms with van der Waals surface area (Å²) in [6.45, 7) is 2.05. The second-order valence-electron chi connectivity index (χ2n) is 3.95. The molecule has 0 fully saturated rings. The first-order valence-electron chi connectivity index (χ1n) is 5.68. The second-order valence-corrected chi connectivity index (χ2v) is 3.95. The van der Waals surface area contributed by atoms with E-state index in [-0.39, 0.29) is 12.6 Å². The Balaban J connectivity index is 2.10. The highest BCUT2D eigenvalue weighted by atomic mass is 16.3. The Morgan fingerprint density at radius 2 is 1.88 bits per heavy atom. The van der Waals surface area contributed by atoms with Crippen LogP contribution in [0.15, 0.2) is 48.5 Å². The molecule has 2 aromatic rings. The number of anilines is 1. The second kappa shape index (κ2) is 5.46. The molecule has 0 bridgehead atoms. The maximum Gasteiger partial charge on any atom is 0.126 e. The fraction of sp³-hybridized carbons (Fsp3) is 0.214. The minimum atomic E-state index is -0.0325. The number of hydrogen-bond donors (Lipinski definition) is 2. The lowest BCUT2D eigenvalue weighted by molar-refractivity contribution is 0.277. The lowest BCUT2D eigenvalue weighted by atomic mass is 10.1. The average molecular weight is 228 g/mol. The third kappa shape index (κ3) is 3.04. The topological polar surface area (TPSA) is 45.1 Å². The van der Waals surface area contributed by atoms with Gasteiger partial charge in [-0.25, -0.2) is 4.98 Å². The highest BCUT2D eigenvalue weighted by Gasteiger charge is 2.05. The molecule has 1 aromatic carbocycles. The van der Waals surface area contributed by atoms with Crippen LogP contribution in [0.1, 0.15) is 24.2 Å². The Kier molecular flexibility index (Phi) is 3.73. The fourth-order valence-electron chi connectivity index (χ4n) is 1.69. The van der Waals surface area contributed by atoms with Gasteiger partial charge >= 0.3 is 0 Å². The predicted octanol–water partition coefficient (Wildman–Crippen LogP) is 2.75. The van der Waals surface area contributed by atoms with Crippen LogP contribution in [0.3, 0.4) is 0 Å². The monoisotopic (exact) mass is 228 g/mol. The van der Waals surface area contributed by atoms with Crippen molar-refractivity contribution >= 4 is 5.82 Å². The van der Waals surface area contributed by atoms with Crippen molar-refractivity contribution in [2.45, 2.75) is 19.6 Å². The van der Waals surface area contributed by atoms with Crippen LogP contribution in [0.25, 0.3) is 0 Å². The van der Waals surface area contributed by atoms with Gasteiger partial charge in [-0.15, -0.1) is 0 Å². The largest absolute Gasteiger partial charge is 0.390 e. The first-order chi connectivity index (χ1) is 8.29. The summed E-state index contributed by atoms with van der Waals surface area (Å²) in [7, 11) is 0. The standard InChI is InChI=1S/C14H16N2O/c1-11(12-6-3-2-4-7-12)15-14-9-5-8-13(10-17)16-14/h2-9,11,17H,10H2,1H3,(H,15,16). The van der Waals surface area contributed by atoms with Gasteiger partial charge in [0.25, 0.3) is 0 Å². The molecule has 1 heterocycles. The van der Waals surface area contributed by atoms with Crippen LogP contribution in [0, 0.1) is 0 Å². The quantitative estimate of drug-likeness (QED) is 0.845. The lowest BCUT2D eigenvalue weighted by Crippen LogP contribution is -2.08. The van der Waals surface area contributed by atoms with Crippen LogP contribution in [0.4, 0.5) is 5.82 Å². The molecule has 0 aliphatic rings. The molecule has 17 heavy (non-hydrogen) atoms. The molecule has 1 unspecified atom stereocenters. The SMILES string of the molecule is CC(Nc1cccc(CO)n1)c1ccccc1. The molecule has 88 valence electrons. The van der Waals surface area contributed by atoms with Crippen LogP contribution in [0.5, 0.6) is 0 Å². The molecule has 0 aliphatic heterocycles. The van der Waals surface area contributed by atoms with Crippen LogP contribution >= 0.6 is 0 Å². The molecule has 0 saturated heterocycles. The molecule has 0 saturated carbocycles. The van der Waals surface area contributed by atoms with Gasteiger partial charge in [0.05, 0.1) is 12.3 Å². The van der Waals surface area contributed by atoms with Gasteiger partial charge in [-0.2, -0.15) is 0 Å². The number of aliphatic hydroxyl groups is 1. The summed E-state index contributed by atoms with van der Waals surface area (Å²) in [5.41, 5.74) is 1.89. The van der Waals surface area contributed by atoms with Crippen LogP contribution < -0.4 is 5.32 Å². The van der Waals surface area contributed by atoms with Crippen LogP contribution in [-0.2, 0) is 6.61 Å². The number of benzene rings is 1. The number of hydrogen-bond acceptors (Lipinski definition) is 3. The van der Waals surface area contributed by atoms with Gasteiger partial charge < -0.3 is 10.4 Å². The van der Waals surface area contributed by atoms with Crippen molar-refractivity contribution in [3.8, 4) is 0 Å². The van der Waals surface area contributed by atoms with E-state index in [0.29, 0.717) is 5.69 Å². The van der Waals surface area contributed by atoms with Crippen molar-refractivity contribution in [3.63, 3.8) is 0 Å². The number of rotatable bonds is 4. The Hall–Kier alpha value is -1.87. The molecule has 1 aromatic heterocycles. The molecule has 2 N–H and O–H groups in total. The van der Waals surface area contributed by atoms with Crippen LogP contribution in [0.2, 0.25) is 0 Å². The van der Waals surface area contributed by atoms with Gasteiger partial charge in [0.1, 0.15) is 5.82 Å². The van der Waals surface area contributed by atoms with Gasteiger partial charge in [0, 0.05) is 6.04 Å². The van der Waals surface area contributed by atoms with E-state index >= 15 is 0 Å². The molecule has 0 amide bonds. The van der Waals surface area contributed by atoms with Gasteiger partial charge in [-0.05, 0) is 24.6 Å². The number of nitrogens with one attached hydrogen (secondary N) is 1. The highest BCUT2D eigenvalue weighted by molar-refractivity contribution is 5.38. The first kappa shape index (κ1) is 11.6. The summed E-state index contributed by atoms with van der Waals surface area (Å²) in [6.07, 6.45) is 0. The zero-order chi connectivity index (χ0) is 12.1. The molecule has 0 radical (unpaired) electrons. The van der Waals surface area contributed by atoms with Crippen LogP contribution in [-0.4, -0.2) is 10.1 Å². The summed E-state index contributed by atoms with van der Waals surface area (Å²) in [5, 5.41) is 12.3. The van der Waals surface area contributed by atoms with E-state index in [9.17, 15) is 0 Å². The summed E-state index contributed by atoms with van der Waals surface area (Å²) < 4.78 is 0. The Morgan fingerprint density at radius 1 is 1.12 bits per heavy atom. The number of aromatic nitrogens is 1. The lowest BCUT2D eigenvalue weighted by Gasteiger charge is -2.15. The van der Waals surface area contributed by atoms with Crippen molar-refractivity contribution in [3.05, 3.63) is 59.8 Å². The highest BCUT2D eigenvalue weighted by Crippen LogP contribution is 2.17. The van der Waals surface area contributed by atoms with E-state index in [0.717, 1.165) is 5.82 Å². The summed E-state index contributed by atoms with van der Waals surface area (Å²) >= 11 is 0.